The third kappa shape index (κ3) is 4.76. The van der Waals surface area contributed by atoms with Crippen molar-refractivity contribution in [1.82, 2.24) is 14.9 Å². The van der Waals surface area contributed by atoms with Crippen LogP contribution in [0.3, 0.4) is 0 Å². The number of benzene rings is 1. The summed E-state index contributed by atoms with van der Waals surface area (Å²) in [5.41, 5.74) is 2.43. The van der Waals surface area contributed by atoms with Crippen LogP contribution in [0.1, 0.15) is 39.2 Å². The molecule has 33 heavy (non-hydrogen) atoms. The lowest BCUT2D eigenvalue weighted by Gasteiger charge is -2.35. The number of fused-ring (bicyclic) bond motifs is 3. The maximum Gasteiger partial charge on any atom is 0.414 e. The Balaban J connectivity index is 1.49. The van der Waals surface area contributed by atoms with E-state index in [0.717, 1.165) is 17.2 Å². The third-order valence-electron chi connectivity index (χ3n) is 6.54. The molecule has 9 nitrogen and oxygen atoms in total. The minimum absolute atomic E-state index is 0.135. The van der Waals surface area contributed by atoms with Gasteiger partial charge in [0, 0.05) is 19.2 Å². The van der Waals surface area contributed by atoms with Gasteiger partial charge in [-0.15, -0.1) is 0 Å². The number of imidazole rings is 1. The zero-order valence-electron chi connectivity index (χ0n) is 20.1. The van der Waals surface area contributed by atoms with Crippen LogP contribution in [0.5, 0.6) is 5.75 Å². The van der Waals surface area contributed by atoms with E-state index in [-0.39, 0.29) is 23.6 Å². The number of aromatic nitrogens is 2. The van der Waals surface area contributed by atoms with Crippen LogP contribution in [-0.4, -0.2) is 49.1 Å². The Morgan fingerprint density at radius 2 is 2.09 bits per heavy atom. The minimum atomic E-state index is -1.87. The molecule has 1 N–H and O–H groups in total. The molecule has 3 heterocycles. The molecule has 0 saturated carbocycles. The lowest BCUT2D eigenvalue weighted by molar-refractivity contribution is -0.119. The zero-order chi connectivity index (χ0) is 24.0. The van der Waals surface area contributed by atoms with Crippen molar-refractivity contribution in [3.63, 3.8) is 0 Å². The number of nitrogens with zero attached hydrogens (tertiary/aromatic N) is 3. The Morgan fingerprint density at radius 3 is 2.79 bits per heavy atom. The topological polar surface area (TPSA) is 94.9 Å². The van der Waals surface area contributed by atoms with Gasteiger partial charge in [-0.25, -0.2) is 9.78 Å². The van der Waals surface area contributed by atoms with E-state index in [1.165, 1.54) is 6.92 Å². The summed E-state index contributed by atoms with van der Waals surface area (Å²) in [4.78, 5) is 29.7. The summed E-state index contributed by atoms with van der Waals surface area (Å²) >= 11 is 0. The SMILES string of the molecule is CC(=O)NC[C@H]1CN(c2ccc3c(c2)OCc2nc(CO[Si](C)(C)C(C)(C)C)cn2-3)C(=O)O1. The van der Waals surface area contributed by atoms with Crippen LogP contribution >= 0.6 is 0 Å². The molecule has 10 heteroatoms. The fourth-order valence-electron chi connectivity index (χ4n) is 3.55. The van der Waals surface area contributed by atoms with Crippen molar-refractivity contribution in [2.75, 3.05) is 18.0 Å². The minimum Gasteiger partial charge on any atom is -0.483 e. The van der Waals surface area contributed by atoms with Gasteiger partial charge in [0.05, 0.1) is 36.8 Å². The predicted octanol–water partition coefficient (Wildman–Crippen LogP) is 3.75. The van der Waals surface area contributed by atoms with E-state index in [1.54, 1.807) is 4.90 Å². The van der Waals surface area contributed by atoms with Crippen molar-refractivity contribution in [1.29, 1.82) is 0 Å². The fourth-order valence-corrected chi connectivity index (χ4v) is 4.49. The standard InChI is InChI=1S/C23H32N4O5Si/c1-15(28)24-10-18-12-26(22(29)32-18)17-7-8-19-20(9-17)30-14-21-25-16(11-27(19)21)13-31-33(5,6)23(2,3)4/h7-9,11,18H,10,12-14H2,1-6H3,(H,24,28)/t18-/m0/s1. The number of rotatable bonds is 6. The number of ether oxygens (including phenoxy) is 2. The second-order valence-corrected chi connectivity index (χ2v) is 14.9. The van der Waals surface area contributed by atoms with Gasteiger partial charge in [-0.1, -0.05) is 20.8 Å². The van der Waals surface area contributed by atoms with Crippen LogP contribution in [-0.2, 0) is 27.2 Å². The molecule has 0 bridgehead atoms. The van der Waals surface area contributed by atoms with Gasteiger partial charge < -0.3 is 19.2 Å². The van der Waals surface area contributed by atoms with Gasteiger partial charge in [0.25, 0.3) is 0 Å². The second-order valence-electron chi connectivity index (χ2n) is 10.1. The van der Waals surface area contributed by atoms with Crippen LogP contribution in [0.15, 0.2) is 24.4 Å². The van der Waals surface area contributed by atoms with Gasteiger partial charge in [-0.3, -0.25) is 14.3 Å². The largest absolute Gasteiger partial charge is 0.483 e. The van der Waals surface area contributed by atoms with Crippen LogP contribution in [0, 0.1) is 0 Å². The maximum atomic E-state index is 12.3. The van der Waals surface area contributed by atoms with E-state index in [9.17, 15) is 9.59 Å². The molecule has 1 saturated heterocycles. The monoisotopic (exact) mass is 472 g/mol. The van der Waals surface area contributed by atoms with Gasteiger partial charge in [0.1, 0.15) is 18.5 Å². The molecule has 0 radical (unpaired) electrons. The molecule has 0 unspecified atom stereocenters. The number of hydrogen-bond acceptors (Lipinski definition) is 6. The summed E-state index contributed by atoms with van der Waals surface area (Å²) in [6, 6.07) is 5.62. The Hall–Kier alpha value is -2.85. The average molecular weight is 473 g/mol. The number of carbonyl (C=O) groups is 2. The van der Waals surface area contributed by atoms with Gasteiger partial charge in [0.2, 0.25) is 5.91 Å². The maximum absolute atomic E-state index is 12.3. The molecule has 4 rings (SSSR count). The molecule has 1 aromatic carbocycles. The molecule has 1 atom stereocenters. The van der Waals surface area contributed by atoms with Crippen LogP contribution < -0.4 is 15.0 Å². The quantitative estimate of drug-likeness (QED) is 0.644. The first-order valence-electron chi connectivity index (χ1n) is 11.2. The number of nitrogens with one attached hydrogen (secondary N) is 1. The van der Waals surface area contributed by atoms with Gasteiger partial charge in [-0.2, -0.15) is 0 Å². The first kappa shape index (κ1) is 23.3. The fraction of sp³-hybridized carbons (Fsp3) is 0.522. The van der Waals surface area contributed by atoms with Crippen LogP contribution in [0.4, 0.5) is 10.5 Å². The van der Waals surface area contributed by atoms with Crippen molar-refractivity contribution < 1.29 is 23.5 Å². The summed E-state index contributed by atoms with van der Waals surface area (Å²) in [5, 5.41) is 2.82. The highest BCUT2D eigenvalue weighted by atomic mass is 28.4. The van der Waals surface area contributed by atoms with E-state index in [4.69, 9.17) is 18.9 Å². The van der Waals surface area contributed by atoms with E-state index in [0.29, 0.717) is 31.2 Å². The molecule has 2 amide bonds. The number of cyclic esters (lactones) is 1. The van der Waals surface area contributed by atoms with Gasteiger partial charge in [0.15, 0.2) is 14.1 Å². The number of anilines is 1. The molecular formula is C23H32N4O5Si. The summed E-state index contributed by atoms with van der Waals surface area (Å²) in [6.45, 7) is 14.0. The summed E-state index contributed by atoms with van der Waals surface area (Å²) < 4.78 is 19.7. The first-order valence-corrected chi connectivity index (χ1v) is 14.1. The molecule has 178 valence electrons. The molecule has 2 aromatic rings. The number of amides is 2. The molecule has 1 aromatic heterocycles. The first-order chi connectivity index (χ1) is 15.4. The highest BCUT2D eigenvalue weighted by Gasteiger charge is 2.37. The van der Waals surface area contributed by atoms with Crippen molar-refractivity contribution in [3.05, 3.63) is 35.9 Å². The Bertz CT molecular complexity index is 1080. The lowest BCUT2D eigenvalue weighted by atomic mass is 10.2. The molecule has 0 aliphatic carbocycles. The Kier molecular flexibility index (Phi) is 6.00. The highest BCUT2D eigenvalue weighted by molar-refractivity contribution is 6.74. The zero-order valence-corrected chi connectivity index (χ0v) is 21.1. The van der Waals surface area contributed by atoms with Crippen LogP contribution in [0.2, 0.25) is 18.1 Å². The van der Waals surface area contributed by atoms with Crippen molar-refractivity contribution in [3.8, 4) is 11.4 Å². The Morgan fingerprint density at radius 1 is 1.33 bits per heavy atom. The van der Waals surface area contributed by atoms with Crippen molar-refractivity contribution in [2.24, 2.45) is 0 Å². The van der Waals surface area contributed by atoms with E-state index in [2.05, 4.69) is 39.2 Å². The van der Waals surface area contributed by atoms with Gasteiger partial charge in [-0.05, 0) is 30.3 Å². The summed E-state index contributed by atoms with van der Waals surface area (Å²) in [6.07, 6.45) is 1.17. The highest BCUT2D eigenvalue weighted by Crippen LogP contribution is 2.38. The Labute approximate surface area is 195 Å². The molecule has 2 aliphatic rings. The molecule has 0 spiro atoms. The number of carbonyl (C=O) groups excluding carboxylic acids is 2. The van der Waals surface area contributed by atoms with E-state index in [1.807, 2.05) is 29.0 Å². The van der Waals surface area contributed by atoms with Crippen LogP contribution in [0.25, 0.3) is 5.69 Å². The third-order valence-corrected chi connectivity index (χ3v) is 11.0. The molecular weight excluding hydrogens is 440 g/mol. The smallest absolute Gasteiger partial charge is 0.414 e. The normalized spacial score (nSPS) is 17.8. The number of hydrogen-bond donors (Lipinski definition) is 1. The van der Waals surface area contributed by atoms with E-state index >= 15 is 0 Å². The molecule has 1 fully saturated rings. The summed E-state index contributed by atoms with van der Waals surface area (Å²) in [7, 11) is -1.87. The van der Waals surface area contributed by atoms with Gasteiger partial charge >= 0.3 is 6.09 Å². The summed E-state index contributed by atoms with van der Waals surface area (Å²) in [5.74, 6) is 1.34. The van der Waals surface area contributed by atoms with E-state index < -0.39 is 14.4 Å². The van der Waals surface area contributed by atoms with Crippen molar-refractivity contribution in [2.45, 2.75) is 65.1 Å². The second kappa shape index (κ2) is 8.49. The predicted molar refractivity (Wildman–Crippen MR) is 126 cm³/mol. The lowest BCUT2D eigenvalue weighted by Crippen LogP contribution is -2.40. The molecule has 2 aliphatic heterocycles. The van der Waals surface area contributed by atoms with Crippen molar-refractivity contribution >= 4 is 26.0 Å². The average Bonchev–Trinajstić information content (AvgIpc) is 3.32.